The van der Waals surface area contributed by atoms with Gasteiger partial charge < -0.3 is 14.8 Å². The van der Waals surface area contributed by atoms with Crippen LogP contribution in [0.2, 0.25) is 0 Å². The number of carbonyl (C=O) groups excluding carboxylic acids is 1. The van der Waals surface area contributed by atoms with E-state index in [1.807, 2.05) is 30.3 Å². The van der Waals surface area contributed by atoms with E-state index >= 15 is 0 Å². The number of rotatable bonds is 7. The third-order valence-corrected chi connectivity index (χ3v) is 4.18. The van der Waals surface area contributed by atoms with Crippen LogP contribution in [0.25, 0.3) is 11.3 Å². The summed E-state index contributed by atoms with van der Waals surface area (Å²) in [6.45, 7) is 0.221. The molecule has 0 radical (unpaired) electrons. The summed E-state index contributed by atoms with van der Waals surface area (Å²) >= 11 is 0. The highest BCUT2D eigenvalue weighted by Crippen LogP contribution is 2.31. The maximum Gasteiger partial charge on any atom is 0.267 e. The zero-order valence-electron chi connectivity index (χ0n) is 15.7. The molecule has 2 aromatic carbocycles. The van der Waals surface area contributed by atoms with E-state index in [4.69, 9.17) is 9.47 Å². The van der Waals surface area contributed by atoms with Crippen molar-refractivity contribution in [3.05, 3.63) is 76.6 Å². The van der Waals surface area contributed by atoms with E-state index in [1.165, 1.54) is 6.07 Å². The van der Waals surface area contributed by atoms with E-state index in [2.05, 4.69) is 10.4 Å². The molecule has 144 valence electrons. The van der Waals surface area contributed by atoms with Crippen molar-refractivity contribution in [3.8, 4) is 22.8 Å². The molecule has 0 bridgehead atoms. The SMILES string of the molecule is COc1ccc(-c2ccc(=O)n(CC(=O)NCc3ccccc3)n2)c(OC)c1. The molecule has 1 N–H and O–H groups in total. The lowest BCUT2D eigenvalue weighted by molar-refractivity contribution is -0.122. The Kier molecular flexibility index (Phi) is 6.06. The van der Waals surface area contributed by atoms with Gasteiger partial charge in [0.1, 0.15) is 18.0 Å². The Morgan fingerprint density at radius 1 is 1.04 bits per heavy atom. The number of aromatic nitrogens is 2. The summed E-state index contributed by atoms with van der Waals surface area (Å²) in [6.07, 6.45) is 0. The van der Waals surface area contributed by atoms with Crippen LogP contribution in [-0.2, 0) is 17.9 Å². The monoisotopic (exact) mass is 379 g/mol. The molecule has 0 saturated carbocycles. The normalized spacial score (nSPS) is 10.4. The van der Waals surface area contributed by atoms with Crippen molar-refractivity contribution in [1.29, 1.82) is 0 Å². The number of hydrogen-bond donors (Lipinski definition) is 1. The molecule has 3 aromatic rings. The first-order chi connectivity index (χ1) is 13.6. The Morgan fingerprint density at radius 2 is 1.82 bits per heavy atom. The van der Waals surface area contributed by atoms with Gasteiger partial charge in [-0.05, 0) is 23.8 Å². The molecule has 0 atom stereocenters. The van der Waals surface area contributed by atoms with Crippen LogP contribution in [0.15, 0.2) is 65.5 Å². The van der Waals surface area contributed by atoms with Gasteiger partial charge in [-0.15, -0.1) is 0 Å². The van der Waals surface area contributed by atoms with Gasteiger partial charge in [-0.3, -0.25) is 9.59 Å². The second-order valence-corrected chi connectivity index (χ2v) is 6.04. The van der Waals surface area contributed by atoms with Crippen molar-refractivity contribution in [3.63, 3.8) is 0 Å². The third kappa shape index (κ3) is 4.56. The minimum atomic E-state index is -0.355. The molecule has 0 fully saturated rings. The van der Waals surface area contributed by atoms with Gasteiger partial charge in [0.05, 0.1) is 19.9 Å². The van der Waals surface area contributed by atoms with Crippen molar-refractivity contribution in [2.24, 2.45) is 0 Å². The molecule has 7 nitrogen and oxygen atoms in total. The van der Waals surface area contributed by atoms with E-state index in [9.17, 15) is 9.59 Å². The first-order valence-electron chi connectivity index (χ1n) is 8.72. The van der Waals surface area contributed by atoms with Crippen LogP contribution in [0.3, 0.4) is 0 Å². The van der Waals surface area contributed by atoms with E-state index in [-0.39, 0.29) is 18.0 Å². The number of benzene rings is 2. The van der Waals surface area contributed by atoms with Crippen molar-refractivity contribution in [2.75, 3.05) is 14.2 Å². The minimum absolute atomic E-state index is 0.169. The van der Waals surface area contributed by atoms with Crippen LogP contribution in [0, 0.1) is 0 Å². The van der Waals surface area contributed by atoms with Gasteiger partial charge in [0.25, 0.3) is 5.56 Å². The first-order valence-corrected chi connectivity index (χ1v) is 8.72. The number of nitrogens with zero attached hydrogens (tertiary/aromatic N) is 2. The van der Waals surface area contributed by atoms with Crippen molar-refractivity contribution >= 4 is 5.91 Å². The molecule has 0 saturated heterocycles. The summed E-state index contributed by atoms with van der Waals surface area (Å²) in [6, 6.07) is 17.8. The average molecular weight is 379 g/mol. The molecule has 0 aliphatic carbocycles. The van der Waals surface area contributed by atoms with Crippen LogP contribution >= 0.6 is 0 Å². The maximum atomic E-state index is 12.2. The van der Waals surface area contributed by atoms with Crippen LogP contribution in [0.1, 0.15) is 5.56 Å². The Balaban J connectivity index is 1.78. The van der Waals surface area contributed by atoms with E-state index < -0.39 is 0 Å². The summed E-state index contributed by atoms with van der Waals surface area (Å²) < 4.78 is 11.7. The van der Waals surface area contributed by atoms with Crippen LogP contribution in [-0.4, -0.2) is 29.9 Å². The zero-order valence-corrected chi connectivity index (χ0v) is 15.7. The number of methoxy groups -OCH3 is 2. The highest BCUT2D eigenvalue weighted by atomic mass is 16.5. The lowest BCUT2D eigenvalue weighted by Gasteiger charge is -2.12. The van der Waals surface area contributed by atoms with E-state index in [0.717, 1.165) is 10.2 Å². The molecule has 0 aliphatic heterocycles. The number of nitrogens with one attached hydrogen (secondary N) is 1. The number of amides is 1. The summed E-state index contributed by atoms with van der Waals surface area (Å²) in [5.74, 6) is 0.914. The van der Waals surface area contributed by atoms with Crippen LogP contribution < -0.4 is 20.3 Å². The molecule has 1 aromatic heterocycles. The molecule has 28 heavy (non-hydrogen) atoms. The quantitative estimate of drug-likeness (QED) is 0.681. The van der Waals surface area contributed by atoms with E-state index in [0.29, 0.717) is 29.3 Å². The Hall–Kier alpha value is -3.61. The van der Waals surface area contributed by atoms with Crippen LogP contribution in [0.4, 0.5) is 0 Å². The fourth-order valence-electron chi connectivity index (χ4n) is 2.70. The lowest BCUT2D eigenvalue weighted by atomic mass is 10.1. The van der Waals surface area contributed by atoms with Gasteiger partial charge in [0.2, 0.25) is 5.91 Å². The van der Waals surface area contributed by atoms with Gasteiger partial charge in [-0.25, -0.2) is 4.68 Å². The van der Waals surface area contributed by atoms with Gasteiger partial charge in [0.15, 0.2) is 0 Å². The molecule has 0 aliphatic rings. The average Bonchev–Trinajstić information content (AvgIpc) is 2.74. The van der Waals surface area contributed by atoms with Crippen molar-refractivity contribution in [1.82, 2.24) is 15.1 Å². The maximum absolute atomic E-state index is 12.2. The van der Waals surface area contributed by atoms with Crippen molar-refractivity contribution < 1.29 is 14.3 Å². The molecule has 0 spiro atoms. The first kappa shape index (κ1) is 19.2. The summed E-state index contributed by atoms with van der Waals surface area (Å²) in [7, 11) is 3.12. The molecule has 0 unspecified atom stereocenters. The molecule has 1 heterocycles. The molecular formula is C21H21N3O4. The second kappa shape index (κ2) is 8.85. The lowest BCUT2D eigenvalue weighted by Crippen LogP contribution is -2.33. The molecule has 3 rings (SSSR count). The minimum Gasteiger partial charge on any atom is -0.497 e. The highest BCUT2D eigenvalue weighted by molar-refractivity contribution is 5.75. The molecule has 1 amide bonds. The van der Waals surface area contributed by atoms with Gasteiger partial charge in [-0.1, -0.05) is 30.3 Å². The second-order valence-electron chi connectivity index (χ2n) is 6.04. The number of hydrogen-bond acceptors (Lipinski definition) is 5. The molecular weight excluding hydrogens is 358 g/mol. The topological polar surface area (TPSA) is 82.5 Å². The predicted octanol–water partition coefficient (Wildman–Crippen LogP) is 2.24. The number of carbonyl (C=O) groups is 1. The largest absolute Gasteiger partial charge is 0.497 e. The molecule has 7 heteroatoms. The smallest absolute Gasteiger partial charge is 0.267 e. The van der Waals surface area contributed by atoms with Gasteiger partial charge in [-0.2, -0.15) is 5.10 Å². The zero-order chi connectivity index (χ0) is 19.9. The fraction of sp³-hybridized carbons (Fsp3) is 0.190. The standard InChI is InChI=1S/C21H21N3O4/c1-27-16-8-9-17(19(12-16)28-2)18-10-11-21(26)24(23-18)14-20(25)22-13-15-6-4-3-5-7-15/h3-12H,13-14H2,1-2H3,(H,22,25). The summed E-state index contributed by atoms with van der Waals surface area (Å²) in [5, 5.41) is 7.12. The summed E-state index contributed by atoms with van der Waals surface area (Å²) in [5.41, 5.74) is 1.84. The Morgan fingerprint density at radius 3 is 2.54 bits per heavy atom. The van der Waals surface area contributed by atoms with Gasteiger partial charge >= 0.3 is 0 Å². The Labute approximate surface area is 162 Å². The number of ether oxygens (including phenoxy) is 2. The third-order valence-electron chi connectivity index (χ3n) is 4.18. The van der Waals surface area contributed by atoms with Crippen LogP contribution in [0.5, 0.6) is 11.5 Å². The van der Waals surface area contributed by atoms with Gasteiger partial charge in [0, 0.05) is 24.2 Å². The van der Waals surface area contributed by atoms with Crippen molar-refractivity contribution in [2.45, 2.75) is 13.1 Å². The predicted molar refractivity (Wildman–Crippen MR) is 105 cm³/mol. The fourth-order valence-corrected chi connectivity index (χ4v) is 2.70. The highest BCUT2D eigenvalue weighted by Gasteiger charge is 2.12. The summed E-state index contributed by atoms with van der Waals surface area (Å²) in [4.78, 5) is 24.4. The van der Waals surface area contributed by atoms with E-state index in [1.54, 1.807) is 38.5 Å². The Bertz CT molecular complexity index is 1020.